The van der Waals surface area contributed by atoms with Gasteiger partial charge in [0, 0.05) is 12.0 Å². The van der Waals surface area contributed by atoms with Crippen LogP contribution in [-0.4, -0.2) is 38.3 Å². The first-order valence-electron chi connectivity index (χ1n) is 11.2. The summed E-state index contributed by atoms with van der Waals surface area (Å²) in [5, 5.41) is 3.12. The number of benzene rings is 2. The number of fused-ring (bicyclic) bond motifs is 2. The average Bonchev–Trinajstić information content (AvgIpc) is 2.83. The molecule has 0 radical (unpaired) electrons. The molecule has 172 valence electrons. The molecule has 2 heterocycles. The molecule has 2 aromatic rings. The minimum atomic E-state index is -3.56. The summed E-state index contributed by atoms with van der Waals surface area (Å²) >= 11 is 0. The summed E-state index contributed by atoms with van der Waals surface area (Å²) in [6.07, 6.45) is 1.34. The number of ether oxygens (including phenoxy) is 2. The molecule has 2 aliphatic heterocycles. The van der Waals surface area contributed by atoms with Crippen LogP contribution in [0, 0.1) is 0 Å². The van der Waals surface area contributed by atoms with Crippen molar-refractivity contribution in [2.75, 3.05) is 16.6 Å². The van der Waals surface area contributed by atoms with E-state index in [0.29, 0.717) is 17.9 Å². The number of amides is 1. The number of carbonyl (C=O) groups excluding carboxylic acids is 1. The third kappa shape index (κ3) is 4.03. The number of hydrogen-bond acceptors (Lipinski definition) is 5. The van der Waals surface area contributed by atoms with Crippen LogP contribution >= 0.6 is 0 Å². The summed E-state index contributed by atoms with van der Waals surface area (Å²) < 4.78 is 39.0. The SMILES string of the molecule is CCC1(CC)C[C@@H](NC(=O)[C@H]2CN(S(=O)(=O)CC)c3ccccc3O2)c2ccccc2O1. The predicted molar refractivity (Wildman–Crippen MR) is 124 cm³/mol. The van der Waals surface area contributed by atoms with E-state index in [1.54, 1.807) is 31.2 Å². The van der Waals surface area contributed by atoms with Crippen LogP contribution in [0.3, 0.4) is 0 Å². The molecule has 0 spiro atoms. The van der Waals surface area contributed by atoms with E-state index in [1.807, 2.05) is 24.3 Å². The molecular weight excluding hydrogens is 428 g/mol. The van der Waals surface area contributed by atoms with Crippen molar-refractivity contribution in [1.82, 2.24) is 5.32 Å². The minimum absolute atomic E-state index is 0.0570. The number of nitrogens with one attached hydrogen (secondary N) is 1. The van der Waals surface area contributed by atoms with Gasteiger partial charge in [-0.25, -0.2) is 8.42 Å². The number of anilines is 1. The zero-order chi connectivity index (χ0) is 22.9. The van der Waals surface area contributed by atoms with Crippen molar-refractivity contribution in [3.8, 4) is 11.5 Å². The smallest absolute Gasteiger partial charge is 0.263 e. The van der Waals surface area contributed by atoms with E-state index in [4.69, 9.17) is 9.47 Å². The molecule has 7 nitrogen and oxygen atoms in total. The lowest BCUT2D eigenvalue weighted by molar-refractivity contribution is -0.129. The van der Waals surface area contributed by atoms with Crippen molar-refractivity contribution < 1.29 is 22.7 Å². The van der Waals surface area contributed by atoms with Gasteiger partial charge >= 0.3 is 0 Å². The van der Waals surface area contributed by atoms with E-state index in [1.165, 1.54) is 4.31 Å². The van der Waals surface area contributed by atoms with Gasteiger partial charge in [0.05, 0.1) is 24.0 Å². The lowest BCUT2D eigenvalue weighted by Gasteiger charge is -2.42. The van der Waals surface area contributed by atoms with Gasteiger partial charge in [-0.05, 0) is 38.0 Å². The van der Waals surface area contributed by atoms with Crippen LogP contribution in [0.4, 0.5) is 5.69 Å². The minimum Gasteiger partial charge on any atom is -0.487 e. The fourth-order valence-electron chi connectivity index (χ4n) is 4.45. The molecule has 1 N–H and O–H groups in total. The Morgan fingerprint density at radius 2 is 1.72 bits per heavy atom. The number of rotatable bonds is 6. The number of sulfonamides is 1. The number of carbonyl (C=O) groups is 1. The predicted octanol–water partition coefficient (Wildman–Crippen LogP) is 3.80. The lowest BCUT2D eigenvalue weighted by atomic mass is 9.83. The summed E-state index contributed by atoms with van der Waals surface area (Å²) in [7, 11) is -3.56. The van der Waals surface area contributed by atoms with Gasteiger partial charge in [0.25, 0.3) is 5.91 Å². The third-order valence-electron chi connectivity index (χ3n) is 6.53. The van der Waals surface area contributed by atoms with Crippen LogP contribution in [0.2, 0.25) is 0 Å². The van der Waals surface area contributed by atoms with Crippen molar-refractivity contribution >= 4 is 21.6 Å². The van der Waals surface area contributed by atoms with Gasteiger partial charge in [-0.3, -0.25) is 9.10 Å². The Kier molecular flexibility index (Phi) is 6.07. The van der Waals surface area contributed by atoms with E-state index < -0.39 is 16.1 Å². The zero-order valence-electron chi connectivity index (χ0n) is 18.7. The fourth-order valence-corrected chi connectivity index (χ4v) is 5.58. The fraction of sp³-hybridized carbons (Fsp3) is 0.458. The summed E-state index contributed by atoms with van der Waals surface area (Å²) in [4.78, 5) is 13.3. The standard InChI is InChI=1S/C24H30N2O5S/c1-4-24(5-2)15-18(17-11-7-9-13-20(17)31-24)25-23(27)22-16-26(32(28,29)6-3)19-12-8-10-14-21(19)30-22/h7-14,18,22H,4-6,15-16H2,1-3H3,(H,25,27)/t18-,22-/m1/s1. The van der Waals surface area contributed by atoms with Crippen molar-refractivity contribution in [3.05, 3.63) is 54.1 Å². The summed E-state index contributed by atoms with van der Waals surface area (Å²) in [6, 6.07) is 14.4. The Bertz CT molecular complexity index is 1100. The molecule has 0 unspecified atom stereocenters. The topological polar surface area (TPSA) is 84.9 Å². The van der Waals surface area contributed by atoms with Crippen molar-refractivity contribution in [3.63, 3.8) is 0 Å². The van der Waals surface area contributed by atoms with Gasteiger partial charge < -0.3 is 14.8 Å². The molecule has 0 saturated heterocycles. The second kappa shape index (κ2) is 8.65. The zero-order valence-corrected chi connectivity index (χ0v) is 19.5. The van der Waals surface area contributed by atoms with Crippen molar-refractivity contribution in [2.45, 2.75) is 57.8 Å². The normalized spacial score (nSPS) is 21.5. The van der Waals surface area contributed by atoms with Gasteiger partial charge in [0.15, 0.2) is 6.10 Å². The Labute approximate surface area is 189 Å². The molecule has 2 aromatic carbocycles. The summed E-state index contributed by atoms with van der Waals surface area (Å²) in [5.74, 6) is 0.773. The van der Waals surface area contributed by atoms with Gasteiger partial charge in [-0.2, -0.15) is 0 Å². The number of nitrogens with zero attached hydrogens (tertiary/aromatic N) is 1. The maximum Gasteiger partial charge on any atom is 0.263 e. The molecule has 0 aromatic heterocycles. The molecule has 0 aliphatic carbocycles. The molecule has 1 amide bonds. The molecule has 8 heteroatoms. The van der Waals surface area contributed by atoms with Crippen molar-refractivity contribution in [1.29, 1.82) is 0 Å². The average molecular weight is 459 g/mol. The molecule has 4 rings (SSSR count). The Balaban J connectivity index is 1.61. The highest BCUT2D eigenvalue weighted by molar-refractivity contribution is 7.92. The first-order chi connectivity index (χ1) is 15.3. The highest BCUT2D eigenvalue weighted by atomic mass is 32.2. The molecule has 2 atom stereocenters. The van der Waals surface area contributed by atoms with Crippen LogP contribution in [0.1, 0.15) is 51.6 Å². The second-order valence-electron chi connectivity index (χ2n) is 8.30. The van der Waals surface area contributed by atoms with E-state index >= 15 is 0 Å². The molecule has 0 bridgehead atoms. The van der Waals surface area contributed by atoms with Crippen molar-refractivity contribution in [2.24, 2.45) is 0 Å². The lowest BCUT2D eigenvalue weighted by Crippen LogP contribution is -2.53. The van der Waals surface area contributed by atoms with Gasteiger partial charge in [-0.15, -0.1) is 0 Å². The van der Waals surface area contributed by atoms with E-state index in [0.717, 1.165) is 24.2 Å². The molecule has 0 saturated carbocycles. The van der Waals surface area contributed by atoms with Crippen LogP contribution in [0.5, 0.6) is 11.5 Å². The molecule has 0 fully saturated rings. The summed E-state index contributed by atoms with van der Waals surface area (Å²) in [5.41, 5.74) is 1.03. The first-order valence-corrected chi connectivity index (χ1v) is 12.8. The molecule has 2 aliphatic rings. The maximum atomic E-state index is 13.3. The Hall–Kier alpha value is -2.74. The van der Waals surface area contributed by atoms with Gasteiger partial charge in [-0.1, -0.05) is 44.2 Å². The van der Waals surface area contributed by atoms with Crippen LogP contribution in [0.25, 0.3) is 0 Å². The monoisotopic (exact) mass is 458 g/mol. The third-order valence-corrected chi connectivity index (χ3v) is 8.28. The largest absolute Gasteiger partial charge is 0.487 e. The number of hydrogen-bond donors (Lipinski definition) is 1. The molecular formula is C24H30N2O5S. The van der Waals surface area contributed by atoms with E-state index in [9.17, 15) is 13.2 Å². The van der Waals surface area contributed by atoms with E-state index in [2.05, 4.69) is 19.2 Å². The van der Waals surface area contributed by atoms with Gasteiger partial charge in [0.2, 0.25) is 10.0 Å². The first kappa shape index (κ1) is 22.5. The van der Waals surface area contributed by atoms with Gasteiger partial charge in [0.1, 0.15) is 17.1 Å². The van der Waals surface area contributed by atoms with Crippen LogP contribution < -0.4 is 19.1 Å². The Morgan fingerprint density at radius 3 is 2.41 bits per heavy atom. The van der Waals surface area contributed by atoms with E-state index in [-0.39, 0.29) is 29.8 Å². The van der Waals surface area contributed by atoms with Crippen LogP contribution in [-0.2, 0) is 14.8 Å². The highest BCUT2D eigenvalue weighted by Crippen LogP contribution is 2.43. The quantitative estimate of drug-likeness (QED) is 0.712. The second-order valence-corrected chi connectivity index (χ2v) is 10.5. The number of para-hydroxylation sites is 3. The Morgan fingerprint density at radius 1 is 1.06 bits per heavy atom. The molecule has 32 heavy (non-hydrogen) atoms. The van der Waals surface area contributed by atoms with Crippen LogP contribution in [0.15, 0.2) is 48.5 Å². The highest BCUT2D eigenvalue weighted by Gasteiger charge is 2.41. The summed E-state index contributed by atoms with van der Waals surface area (Å²) in [6.45, 7) is 5.71. The maximum absolute atomic E-state index is 13.3.